The van der Waals surface area contributed by atoms with E-state index in [9.17, 15) is 4.79 Å². The van der Waals surface area contributed by atoms with E-state index in [2.05, 4.69) is 31.4 Å². The second kappa shape index (κ2) is 10.3. The van der Waals surface area contributed by atoms with Crippen molar-refractivity contribution in [3.8, 4) is 0 Å². The molecule has 5 heteroatoms. The first-order valence-electron chi connectivity index (χ1n) is 6.54. The number of carbonyl (C=O) groups excluding carboxylic acids is 1. The normalized spacial score (nSPS) is 11.6. The first-order chi connectivity index (χ1) is 8.45. The molecular weight excluding hydrogens is 232 g/mol. The average molecular weight is 260 g/mol. The van der Waals surface area contributed by atoms with Crippen LogP contribution in [0.5, 0.6) is 0 Å². The molecule has 0 radical (unpaired) electrons. The Labute approximate surface area is 111 Å². The summed E-state index contributed by atoms with van der Waals surface area (Å²) in [5, 5.41) is 6.15. The van der Waals surface area contributed by atoms with Crippen LogP contribution in [0.15, 0.2) is 0 Å². The molecule has 0 unspecified atom stereocenters. The summed E-state index contributed by atoms with van der Waals surface area (Å²) in [6, 6.07) is 0. The summed E-state index contributed by atoms with van der Waals surface area (Å²) in [6.45, 7) is 9.52. The van der Waals surface area contributed by atoms with Crippen molar-refractivity contribution in [1.82, 2.24) is 10.6 Å². The van der Waals surface area contributed by atoms with Gasteiger partial charge in [-0.3, -0.25) is 4.79 Å². The van der Waals surface area contributed by atoms with E-state index in [1.165, 1.54) is 0 Å². The minimum atomic E-state index is 0.0649. The van der Waals surface area contributed by atoms with Crippen molar-refractivity contribution in [2.24, 2.45) is 0 Å². The molecule has 2 N–H and O–H groups in total. The molecule has 0 atom stereocenters. The molecule has 0 aliphatic carbocycles. The summed E-state index contributed by atoms with van der Waals surface area (Å²) >= 11 is 0. The lowest BCUT2D eigenvalue weighted by molar-refractivity contribution is -0.121. The minimum Gasteiger partial charge on any atom is -0.382 e. The Morgan fingerprint density at radius 3 is 2.44 bits per heavy atom. The summed E-state index contributed by atoms with van der Waals surface area (Å²) in [5.74, 6) is 0.0867. The van der Waals surface area contributed by atoms with E-state index >= 15 is 0 Å². The number of ether oxygens (including phenoxy) is 2. The number of rotatable bonds is 10. The highest BCUT2D eigenvalue weighted by atomic mass is 16.5. The third-order valence-corrected chi connectivity index (χ3v) is 2.23. The maximum atomic E-state index is 11.5. The van der Waals surface area contributed by atoms with E-state index in [0.717, 1.165) is 6.42 Å². The van der Waals surface area contributed by atoms with Crippen molar-refractivity contribution in [3.63, 3.8) is 0 Å². The number of hydrogen-bond donors (Lipinski definition) is 2. The van der Waals surface area contributed by atoms with Gasteiger partial charge in [0.05, 0.1) is 13.2 Å². The Kier molecular flexibility index (Phi) is 9.92. The Morgan fingerprint density at radius 2 is 1.83 bits per heavy atom. The number of hydrogen-bond acceptors (Lipinski definition) is 4. The highest BCUT2D eigenvalue weighted by molar-refractivity contribution is 5.75. The lowest BCUT2D eigenvalue weighted by atomic mass is 10.1. The van der Waals surface area contributed by atoms with E-state index in [1.807, 2.05) is 0 Å². The van der Waals surface area contributed by atoms with Crippen LogP contribution in [0.1, 0.15) is 33.6 Å². The first kappa shape index (κ1) is 17.4. The predicted octanol–water partition coefficient (Wildman–Crippen LogP) is 0.934. The van der Waals surface area contributed by atoms with Gasteiger partial charge in [-0.2, -0.15) is 0 Å². The van der Waals surface area contributed by atoms with Crippen molar-refractivity contribution in [2.75, 3.05) is 40.0 Å². The topological polar surface area (TPSA) is 59.6 Å². The average Bonchev–Trinajstić information content (AvgIpc) is 2.26. The molecule has 0 aliphatic rings. The first-order valence-corrected chi connectivity index (χ1v) is 6.54. The molecule has 0 aromatic carbocycles. The van der Waals surface area contributed by atoms with Gasteiger partial charge in [-0.05, 0) is 27.2 Å². The molecule has 0 aliphatic heterocycles. The van der Waals surface area contributed by atoms with Crippen molar-refractivity contribution >= 4 is 5.91 Å². The zero-order valence-electron chi connectivity index (χ0n) is 12.2. The maximum Gasteiger partial charge on any atom is 0.221 e. The lowest BCUT2D eigenvalue weighted by Gasteiger charge is -2.20. The van der Waals surface area contributed by atoms with E-state index in [0.29, 0.717) is 39.3 Å². The van der Waals surface area contributed by atoms with E-state index in [1.54, 1.807) is 7.11 Å². The van der Waals surface area contributed by atoms with Gasteiger partial charge >= 0.3 is 0 Å². The number of methoxy groups -OCH3 is 1. The molecule has 0 aromatic heterocycles. The maximum absolute atomic E-state index is 11.5. The van der Waals surface area contributed by atoms with Crippen molar-refractivity contribution < 1.29 is 14.3 Å². The molecule has 0 rings (SSSR count). The van der Waals surface area contributed by atoms with Gasteiger partial charge in [0, 0.05) is 38.8 Å². The van der Waals surface area contributed by atoms with Gasteiger partial charge in [0.1, 0.15) is 0 Å². The van der Waals surface area contributed by atoms with Gasteiger partial charge in [0.2, 0.25) is 5.91 Å². The lowest BCUT2D eigenvalue weighted by Crippen LogP contribution is -2.38. The summed E-state index contributed by atoms with van der Waals surface area (Å²) in [6.07, 6.45) is 1.35. The quantitative estimate of drug-likeness (QED) is 0.574. The monoisotopic (exact) mass is 260 g/mol. The molecule has 0 fully saturated rings. The van der Waals surface area contributed by atoms with Crippen LogP contribution in [0.2, 0.25) is 0 Å². The highest BCUT2D eigenvalue weighted by Crippen LogP contribution is 1.97. The van der Waals surface area contributed by atoms with Gasteiger partial charge in [0.15, 0.2) is 0 Å². The number of amides is 1. The second-order valence-corrected chi connectivity index (χ2v) is 5.24. The van der Waals surface area contributed by atoms with Crippen LogP contribution < -0.4 is 10.6 Å². The molecule has 0 bridgehead atoms. The minimum absolute atomic E-state index is 0.0649. The fourth-order valence-electron chi connectivity index (χ4n) is 1.29. The third-order valence-electron chi connectivity index (χ3n) is 2.23. The van der Waals surface area contributed by atoms with Gasteiger partial charge in [-0.25, -0.2) is 0 Å². The van der Waals surface area contributed by atoms with Gasteiger partial charge in [-0.1, -0.05) is 0 Å². The van der Waals surface area contributed by atoms with Gasteiger partial charge in [-0.15, -0.1) is 0 Å². The van der Waals surface area contributed by atoms with Crippen LogP contribution in [0.4, 0.5) is 0 Å². The molecule has 0 saturated heterocycles. The van der Waals surface area contributed by atoms with Crippen LogP contribution in [0.25, 0.3) is 0 Å². The Balaban J connectivity index is 3.27. The molecule has 1 amide bonds. The van der Waals surface area contributed by atoms with Crippen LogP contribution in [-0.2, 0) is 14.3 Å². The fourth-order valence-corrected chi connectivity index (χ4v) is 1.29. The smallest absolute Gasteiger partial charge is 0.221 e. The summed E-state index contributed by atoms with van der Waals surface area (Å²) in [7, 11) is 1.65. The fraction of sp³-hybridized carbons (Fsp3) is 0.923. The standard InChI is InChI=1S/C13H28N2O3/c1-13(2,3)15-8-6-12(16)14-7-5-9-18-11-10-17-4/h15H,5-11H2,1-4H3,(H,14,16). The van der Waals surface area contributed by atoms with Gasteiger partial charge in [0.25, 0.3) is 0 Å². The second-order valence-electron chi connectivity index (χ2n) is 5.24. The third kappa shape index (κ3) is 13.4. The summed E-state index contributed by atoms with van der Waals surface area (Å²) in [4.78, 5) is 11.5. The van der Waals surface area contributed by atoms with Crippen LogP contribution >= 0.6 is 0 Å². The van der Waals surface area contributed by atoms with Crippen molar-refractivity contribution in [3.05, 3.63) is 0 Å². The van der Waals surface area contributed by atoms with Gasteiger partial charge < -0.3 is 20.1 Å². The molecule has 0 aromatic rings. The Morgan fingerprint density at radius 1 is 1.11 bits per heavy atom. The van der Waals surface area contributed by atoms with E-state index < -0.39 is 0 Å². The van der Waals surface area contributed by atoms with Crippen molar-refractivity contribution in [1.29, 1.82) is 0 Å². The predicted molar refractivity (Wildman–Crippen MR) is 72.7 cm³/mol. The molecule has 108 valence electrons. The zero-order valence-corrected chi connectivity index (χ0v) is 12.2. The summed E-state index contributed by atoms with van der Waals surface area (Å²) < 4.78 is 10.1. The molecule has 5 nitrogen and oxygen atoms in total. The van der Waals surface area contributed by atoms with Crippen LogP contribution in [-0.4, -0.2) is 51.5 Å². The largest absolute Gasteiger partial charge is 0.382 e. The van der Waals surface area contributed by atoms with E-state index in [-0.39, 0.29) is 11.4 Å². The van der Waals surface area contributed by atoms with Crippen LogP contribution in [0, 0.1) is 0 Å². The molecular formula is C13H28N2O3. The number of carbonyl (C=O) groups is 1. The molecule has 18 heavy (non-hydrogen) atoms. The Bertz CT molecular complexity index is 215. The molecule has 0 heterocycles. The zero-order chi connectivity index (χ0) is 13.9. The molecule has 0 saturated carbocycles. The Hall–Kier alpha value is -0.650. The van der Waals surface area contributed by atoms with E-state index in [4.69, 9.17) is 9.47 Å². The SMILES string of the molecule is COCCOCCCNC(=O)CCNC(C)(C)C. The van der Waals surface area contributed by atoms with Crippen LogP contribution in [0.3, 0.4) is 0 Å². The highest BCUT2D eigenvalue weighted by Gasteiger charge is 2.09. The number of nitrogens with one attached hydrogen (secondary N) is 2. The van der Waals surface area contributed by atoms with Crippen molar-refractivity contribution in [2.45, 2.75) is 39.2 Å². The summed E-state index contributed by atoms with van der Waals surface area (Å²) in [5.41, 5.74) is 0.0649. The molecule has 0 spiro atoms.